The van der Waals surface area contributed by atoms with Gasteiger partial charge in [0.25, 0.3) is 5.69 Å². The minimum absolute atomic E-state index is 0.0176. The minimum atomic E-state index is -0.446. The molecular weight excluding hydrogens is 218 g/mol. The quantitative estimate of drug-likeness (QED) is 0.640. The molecule has 1 aliphatic carbocycles. The van der Waals surface area contributed by atoms with E-state index in [0.29, 0.717) is 17.3 Å². The highest BCUT2D eigenvalue weighted by atomic mass is 16.6. The van der Waals surface area contributed by atoms with Crippen LogP contribution in [0.2, 0.25) is 0 Å². The molecule has 0 unspecified atom stereocenters. The lowest BCUT2D eigenvalue weighted by Crippen LogP contribution is -2.15. The number of hydrogen-bond acceptors (Lipinski definition) is 4. The fraction of sp³-hybridized carbons (Fsp3) is 0.417. The van der Waals surface area contributed by atoms with Crippen LogP contribution in [0.1, 0.15) is 31.2 Å². The van der Waals surface area contributed by atoms with Crippen LogP contribution in [-0.2, 0) is 0 Å². The van der Waals surface area contributed by atoms with E-state index in [1.165, 1.54) is 18.9 Å². The van der Waals surface area contributed by atoms with E-state index in [4.69, 9.17) is 5.26 Å². The molecular formula is C12H13N3O2. The number of benzene rings is 1. The normalized spacial score (nSPS) is 15.5. The maximum absolute atomic E-state index is 10.9. The molecule has 1 saturated carbocycles. The van der Waals surface area contributed by atoms with E-state index in [9.17, 15) is 10.1 Å². The topological polar surface area (TPSA) is 79.0 Å². The second kappa shape index (κ2) is 4.83. The monoisotopic (exact) mass is 231 g/mol. The van der Waals surface area contributed by atoms with Gasteiger partial charge in [0, 0.05) is 12.1 Å². The summed E-state index contributed by atoms with van der Waals surface area (Å²) in [6.45, 7) is 0. The van der Waals surface area contributed by atoms with Crippen molar-refractivity contribution in [3.8, 4) is 6.07 Å². The summed E-state index contributed by atoms with van der Waals surface area (Å²) in [5.41, 5.74) is 0.811. The van der Waals surface area contributed by atoms with Crippen molar-refractivity contribution in [2.75, 3.05) is 5.32 Å². The van der Waals surface area contributed by atoms with Crippen molar-refractivity contribution in [2.45, 2.75) is 31.7 Å². The van der Waals surface area contributed by atoms with Gasteiger partial charge in [-0.1, -0.05) is 12.8 Å². The smallest absolute Gasteiger partial charge is 0.293 e. The summed E-state index contributed by atoms with van der Waals surface area (Å²) in [6, 6.07) is 6.77. The molecule has 1 aromatic rings. The van der Waals surface area contributed by atoms with Crippen LogP contribution in [0, 0.1) is 21.4 Å². The fourth-order valence-electron chi connectivity index (χ4n) is 2.16. The number of rotatable bonds is 3. The van der Waals surface area contributed by atoms with Gasteiger partial charge in [0.2, 0.25) is 0 Å². The number of nitriles is 1. The van der Waals surface area contributed by atoms with Gasteiger partial charge in [-0.25, -0.2) is 0 Å². The predicted octanol–water partition coefficient (Wildman–Crippen LogP) is 2.82. The minimum Gasteiger partial charge on any atom is -0.377 e. The third-order valence-electron chi connectivity index (χ3n) is 3.04. The lowest BCUT2D eigenvalue weighted by molar-refractivity contribution is -0.384. The van der Waals surface area contributed by atoms with Crippen molar-refractivity contribution in [3.63, 3.8) is 0 Å². The van der Waals surface area contributed by atoms with E-state index >= 15 is 0 Å². The van der Waals surface area contributed by atoms with Gasteiger partial charge >= 0.3 is 0 Å². The average Bonchev–Trinajstić information content (AvgIpc) is 2.82. The molecule has 0 spiro atoms. The zero-order chi connectivity index (χ0) is 12.3. The molecule has 0 aromatic heterocycles. The number of nitro groups is 1. The Morgan fingerprint density at radius 2 is 2.12 bits per heavy atom. The average molecular weight is 231 g/mol. The number of anilines is 1. The standard InChI is InChI=1S/C12H13N3O2/c13-8-9-5-6-11(12(7-9)15(16)17)14-10-3-1-2-4-10/h5-7,10,14H,1-4H2. The van der Waals surface area contributed by atoms with Gasteiger partial charge in [0.05, 0.1) is 16.6 Å². The summed E-state index contributed by atoms with van der Waals surface area (Å²) in [6.07, 6.45) is 4.44. The maximum Gasteiger partial charge on any atom is 0.293 e. The van der Waals surface area contributed by atoms with Crippen molar-refractivity contribution in [3.05, 3.63) is 33.9 Å². The van der Waals surface area contributed by atoms with Gasteiger partial charge in [-0.05, 0) is 25.0 Å². The first-order valence-electron chi connectivity index (χ1n) is 5.66. The molecule has 0 bridgehead atoms. The van der Waals surface area contributed by atoms with E-state index in [0.717, 1.165) is 12.8 Å². The number of hydrogen-bond donors (Lipinski definition) is 1. The second-order valence-electron chi connectivity index (χ2n) is 4.23. The number of nitrogens with one attached hydrogen (secondary N) is 1. The summed E-state index contributed by atoms with van der Waals surface area (Å²) < 4.78 is 0. The van der Waals surface area contributed by atoms with Crippen LogP contribution < -0.4 is 5.32 Å². The first-order valence-corrected chi connectivity index (χ1v) is 5.66. The maximum atomic E-state index is 10.9. The van der Waals surface area contributed by atoms with Crippen LogP contribution >= 0.6 is 0 Å². The molecule has 5 heteroatoms. The third-order valence-corrected chi connectivity index (χ3v) is 3.04. The van der Waals surface area contributed by atoms with E-state index in [1.54, 1.807) is 12.1 Å². The van der Waals surface area contributed by atoms with Gasteiger partial charge in [-0.15, -0.1) is 0 Å². The van der Waals surface area contributed by atoms with Crippen LogP contribution in [-0.4, -0.2) is 11.0 Å². The molecule has 17 heavy (non-hydrogen) atoms. The largest absolute Gasteiger partial charge is 0.377 e. The van der Waals surface area contributed by atoms with Crippen LogP contribution in [0.15, 0.2) is 18.2 Å². The molecule has 0 heterocycles. The molecule has 0 saturated heterocycles. The van der Waals surface area contributed by atoms with Gasteiger partial charge in [-0.3, -0.25) is 10.1 Å². The van der Waals surface area contributed by atoms with Crippen LogP contribution in [0.25, 0.3) is 0 Å². The molecule has 1 fully saturated rings. The number of nitrogens with zero attached hydrogens (tertiary/aromatic N) is 2. The van der Waals surface area contributed by atoms with E-state index < -0.39 is 4.92 Å². The van der Waals surface area contributed by atoms with Gasteiger partial charge in [0.1, 0.15) is 5.69 Å². The molecule has 1 aliphatic rings. The molecule has 0 radical (unpaired) electrons. The Labute approximate surface area is 99.2 Å². The van der Waals surface area contributed by atoms with Crippen LogP contribution in [0.5, 0.6) is 0 Å². The SMILES string of the molecule is N#Cc1ccc(NC2CCCC2)c([N+](=O)[O-])c1. The summed E-state index contributed by atoms with van der Waals surface area (Å²) in [5, 5.41) is 22.8. The predicted molar refractivity (Wildman–Crippen MR) is 63.7 cm³/mol. The summed E-state index contributed by atoms with van der Waals surface area (Å²) in [7, 11) is 0. The van der Waals surface area contributed by atoms with Crippen molar-refractivity contribution in [2.24, 2.45) is 0 Å². The molecule has 1 N–H and O–H groups in total. The fourth-order valence-corrected chi connectivity index (χ4v) is 2.16. The molecule has 1 aromatic carbocycles. The molecule has 5 nitrogen and oxygen atoms in total. The molecule has 88 valence electrons. The first kappa shape index (κ1) is 11.4. The molecule has 0 aliphatic heterocycles. The van der Waals surface area contributed by atoms with Gasteiger partial charge in [0.15, 0.2) is 0 Å². The second-order valence-corrected chi connectivity index (χ2v) is 4.23. The Bertz CT molecular complexity index is 473. The highest BCUT2D eigenvalue weighted by Gasteiger charge is 2.20. The Hall–Kier alpha value is -2.09. The number of nitro benzene ring substituents is 1. The lowest BCUT2D eigenvalue weighted by atomic mass is 10.1. The summed E-state index contributed by atoms with van der Waals surface area (Å²) in [4.78, 5) is 10.5. The van der Waals surface area contributed by atoms with Crippen molar-refractivity contribution >= 4 is 11.4 Å². The highest BCUT2D eigenvalue weighted by molar-refractivity contribution is 5.64. The summed E-state index contributed by atoms with van der Waals surface area (Å²) >= 11 is 0. The van der Waals surface area contributed by atoms with Gasteiger partial charge in [-0.2, -0.15) is 5.26 Å². The van der Waals surface area contributed by atoms with E-state index in [-0.39, 0.29) is 5.69 Å². The zero-order valence-electron chi connectivity index (χ0n) is 9.35. The molecule has 2 rings (SSSR count). The zero-order valence-corrected chi connectivity index (χ0v) is 9.35. The Morgan fingerprint density at radius 3 is 2.71 bits per heavy atom. The van der Waals surface area contributed by atoms with Crippen molar-refractivity contribution < 1.29 is 4.92 Å². The van der Waals surface area contributed by atoms with Crippen molar-refractivity contribution in [1.29, 1.82) is 5.26 Å². The van der Waals surface area contributed by atoms with Crippen LogP contribution in [0.3, 0.4) is 0 Å². The Morgan fingerprint density at radius 1 is 1.41 bits per heavy atom. The Balaban J connectivity index is 2.26. The first-order chi connectivity index (χ1) is 8.20. The summed E-state index contributed by atoms with van der Waals surface area (Å²) in [5.74, 6) is 0. The van der Waals surface area contributed by atoms with Crippen molar-refractivity contribution in [1.82, 2.24) is 0 Å². The van der Waals surface area contributed by atoms with Crippen LogP contribution in [0.4, 0.5) is 11.4 Å². The third kappa shape index (κ3) is 2.53. The van der Waals surface area contributed by atoms with E-state index in [1.807, 2.05) is 6.07 Å². The molecule has 0 atom stereocenters. The lowest BCUT2D eigenvalue weighted by Gasteiger charge is -2.13. The molecule has 0 amide bonds. The van der Waals surface area contributed by atoms with E-state index in [2.05, 4.69) is 5.32 Å². The Kier molecular flexibility index (Phi) is 3.24. The highest BCUT2D eigenvalue weighted by Crippen LogP contribution is 2.29. The van der Waals surface area contributed by atoms with Gasteiger partial charge < -0.3 is 5.32 Å².